The Morgan fingerprint density at radius 1 is 0.769 bits per heavy atom. The van der Waals surface area contributed by atoms with Crippen molar-refractivity contribution < 1.29 is 32.7 Å². The van der Waals surface area contributed by atoms with E-state index in [4.69, 9.17) is 0 Å². The van der Waals surface area contributed by atoms with Gasteiger partial charge in [0, 0.05) is 32.7 Å². The molecule has 0 spiro atoms. The first-order valence-corrected chi connectivity index (χ1v) is 3.68. The summed E-state index contributed by atoms with van der Waals surface area (Å²) in [5.74, 6) is 0. The zero-order valence-corrected chi connectivity index (χ0v) is 10.1. The van der Waals surface area contributed by atoms with Crippen LogP contribution in [0.4, 0.5) is 0 Å². The van der Waals surface area contributed by atoms with E-state index in [0.717, 1.165) is 0 Å². The average molecular weight is 244 g/mol. The Kier molecular flexibility index (Phi) is 9.17. The monoisotopic (exact) mass is 244 g/mol. The Labute approximate surface area is 104 Å². The van der Waals surface area contributed by atoms with E-state index in [9.17, 15) is 0 Å². The van der Waals surface area contributed by atoms with Crippen LogP contribution in [0.15, 0.2) is 54.7 Å². The molecule has 63 valence electrons. The molecule has 13 heavy (non-hydrogen) atoms. The molecule has 1 radical (unpaired) electrons. The van der Waals surface area contributed by atoms with Gasteiger partial charge in [-0.2, -0.15) is 54.6 Å². The summed E-state index contributed by atoms with van der Waals surface area (Å²) in [4.78, 5) is 3.66. The van der Waals surface area contributed by atoms with Crippen LogP contribution in [0, 0.1) is 12.3 Å². The molecule has 1 nitrogen and oxygen atoms in total. The van der Waals surface area contributed by atoms with Crippen LogP contribution in [-0.2, 0) is 32.7 Å². The summed E-state index contributed by atoms with van der Waals surface area (Å²) >= 11 is 0. The summed E-state index contributed by atoms with van der Waals surface area (Å²) in [6.45, 7) is 0. The molecule has 0 atom stereocenters. The summed E-state index contributed by atoms with van der Waals surface area (Å²) < 4.78 is 0. The molecule has 2 aromatic rings. The fraction of sp³-hybridized carbons (Fsp3) is 0. The molecule has 0 aliphatic rings. The molecule has 1 aromatic carbocycles. The third-order valence-electron chi connectivity index (χ3n) is 1.12. The van der Waals surface area contributed by atoms with E-state index in [1.807, 2.05) is 42.5 Å². The summed E-state index contributed by atoms with van der Waals surface area (Å²) in [6.07, 6.45) is 4.34. The van der Waals surface area contributed by atoms with Crippen molar-refractivity contribution in [2.45, 2.75) is 0 Å². The smallest absolute Gasteiger partial charge is 0 e. The molecule has 0 amide bonds. The molecule has 2 rings (SSSR count). The summed E-state index contributed by atoms with van der Waals surface area (Å²) in [5, 5.41) is 0. The zero-order chi connectivity index (χ0) is 8.49. The topological polar surface area (TPSA) is 12.9 Å². The van der Waals surface area contributed by atoms with Crippen molar-refractivity contribution in [1.29, 1.82) is 0 Å². The summed E-state index contributed by atoms with van der Waals surface area (Å²) in [5.41, 5.74) is 0. The number of nitrogens with zero attached hydrogens (tertiary/aromatic N) is 1. The fourth-order valence-electron chi connectivity index (χ4n) is 0.619. The number of rotatable bonds is 0. The second kappa shape index (κ2) is 9.56. The molecular formula is C11H9NY-2. The van der Waals surface area contributed by atoms with Gasteiger partial charge >= 0.3 is 0 Å². The van der Waals surface area contributed by atoms with Crippen LogP contribution in [0.2, 0.25) is 0 Å². The van der Waals surface area contributed by atoms with Crippen molar-refractivity contribution in [2.75, 3.05) is 0 Å². The molecule has 0 fully saturated rings. The first-order chi connectivity index (χ1) is 6.00. The maximum absolute atomic E-state index is 3.66. The molecular weight excluding hydrogens is 235 g/mol. The number of hydrogen-bond donors (Lipinski definition) is 0. The van der Waals surface area contributed by atoms with E-state index >= 15 is 0 Å². The fourth-order valence-corrected chi connectivity index (χ4v) is 0.619. The number of pyridine rings is 1. The molecule has 2 heteroatoms. The molecule has 1 aromatic heterocycles. The van der Waals surface area contributed by atoms with Gasteiger partial charge in [-0.05, 0) is 0 Å². The maximum Gasteiger partial charge on any atom is 0 e. The van der Waals surface area contributed by atoms with Crippen molar-refractivity contribution in [3.8, 4) is 0 Å². The van der Waals surface area contributed by atoms with Gasteiger partial charge in [-0.1, -0.05) is 12.4 Å². The largest absolute Gasteiger partial charge is 0.394 e. The molecule has 0 saturated heterocycles. The number of hydrogen-bond acceptors (Lipinski definition) is 1. The van der Waals surface area contributed by atoms with Crippen molar-refractivity contribution in [1.82, 2.24) is 4.98 Å². The Balaban J connectivity index is 0.000000206. The number of aromatic nitrogens is 1. The first kappa shape index (κ1) is 12.5. The third kappa shape index (κ3) is 7.82. The quantitative estimate of drug-likeness (QED) is 0.648. The standard InChI is InChI=1S/C6H5.C5H4N.Y/c2*1-2-4-6-5-3-1;/h1-5H;1-4H;/q2*-1;. The second-order valence-electron chi connectivity index (χ2n) is 2.04. The van der Waals surface area contributed by atoms with Crippen LogP contribution in [0.5, 0.6) is 0 Å². The zero-order valence-electron chi connectivity index (χ0n) is 7.22. The van der Waals surface area contributed by atoms with Gasteiger partial charge in [0.05, 0.1) is 0 Å². The molecule has 0 aliphatic carbocycles. The molecule has 0 unspecified atom stereocenters. The maximum atomic E-state index is 3.66. The van der Waals surface area contributed by atoms with Gasteiger partial charge in [0.15, 0.2) is 0 Å². The van der Waals surface area contributed by atoms with Gasteiger partial charge in [0.25, 0.3) is 0 Å². The van der Waals surface area contributed by atoms with E-state index < -0.39 is 0 Å². The Bertz CT molecular complexity index is 185. The minimum atomic E-state index is 0. The average Bonchev–Trinajstić information content (AvgIpc) is 2.24. The van der Waals surface area contributed by atoms with Crippen molar-refractivity contribution in [3.05, 3.63) is 67.0 Å². The van der Waals surface area contributed by atoms with Gasteiger partial charge in [0.2, 0.25) is 0 Å². The van der Waals surface area contributed by atoms with E-state index in [-0.39, 0.29) is 32.7 Å². The Morgan fingerprint density at radius 2 is 1.46 bits per heavy atom. The molecule has 0 bridgehead atoms. The summed E-state index contributed by atoms with van der Waals surface area (Å²) in [6, 6.07) is 18.0. The third-order valence-corrected chi connectivity index (χ3v) is 1.12. The van der Waals surface area contributed by atoms with Crippen LogP contribution in [-0.4, -0.2) is 4.98 Å². The van der Waals surface area contributed by atoms with Gasteiger partial charge in [-0.15, -0.1) is 0 Å². The van der Waals surface area contributed by atoms with Crippen LogP contribution in [0.1, 0.15) is 0 Å². The van der Waals surface area contributed by atoms with Crippen LogP contribution in [0.25, 0.3) is 0 Å². The molecule has 0 saturated carbocycles. The normalized spacial score (nSPS) is 7.38. The minimum absolute atomic E-state index is 0. The van der Waals surface area contributed by atoms with Gasteiger partial charge in [-0.25, -0.2) is 0 Å². The predicted molar refractivity (Wildman–Crippen MR) is 48.4 cm³/mol. The van der Waals surface area contributed by atoms with Crippen molar-refractivity contribution in [2.24, 2.45) is 0 Å². The van der Waals surface area contributed by atoms with Gasteiger partial charge < -0.3 is 4.98 Å². The van der Waals surface area contributed by atoms with Crippen LogP contribution >= 0.6 is 0 Å². The summed E-state index contributed by atoms with van der Waals surface area (Å²) in [7, 11) is 0. The van der Waals surface area contributed by atoms with Gasteiger partial charge in [0.1, 0.15) is 0 Å². The Hall–Kier alpha value is -0.526. The van der Waals surface area contributed by atoms with E-state index in [2.05, 4.69) is 17.2 Å². The first-order valence-electron chi connectivity index (χ1n) is 3.68. The molecule has 0 N–H and O–H groups in total. The minimum Gasteiger partial charge on any atom is -0.394 e. The Morgan fingerprint density at radius 3 is 1.62 bits per heavy atom. The van der Waals surface area contributed by atoms with Crippen LogP contribution < -0.4 is 0 Å². The van der Waals surface area contributed by atoms with Crippen molar-refractivity contribution in [3.63, 3.8) is 0 Å². The van der Waals surface area contributed by atoms with E-state index in [0.29, 0.717) is 0 Å². The van der Waals surface area contributed by atoms with E-state index in [1.165, 1.54) is 0 Å². The number of benzene rings is 1. The van der Waals surface area contributed by atoms with Gasteiger partial charge in [-0.3, -0.25) is 0 Å². The van der Waals surface area contributed by atoms with Crippen molar-refractivity contribution >= 4 is 0 Å². The predicted octanol–water partition coefficient (Wildman–Crippen LogP) is 2.37. The molecule has 1 heterocycles. The molecule has 0 aliphatic heterocycles. The van der Waals surface area contributed by atoms with E-state index in [1.54, 1.807) is 12.3 Å². The SMILES string of the molecule is [Y].[c-]1ccccc1.[c-]1ccccn1. The van der Waals surface area contributed by atoms with Crippen LogP contribution in [0.3, 0.4) is 0 Å². The second-order valence-corrected chi connectivity index (χ2v) is 2.04.